The fourth-order valence-corrected chi connectivity index (χ4v) is 3.65. The molecule has 1 fully saturated rings. The smallest absolute Gasteiger partial charge is 0.248 e. The summed E-state index contributed by atoms with van der Waals surface area (Å²) in [7, 11) is 0. The third-order valence-electron chi connectivity index (χ3n) is 5.24. The van der Waals surface area contributed by atoms with Crippen molar-refractivity contribution in [1.82, 2.24) is 15.5 Å². The van der Waals surface area contributed by atoms with Crippen LogP contribution >= 0.6 is 0 Å². The average molecular weight is 394 g/mol. The number of hydrogen-bond donors (Lipinski definition) is 3. The Labute approximate surface area is 173 Å². The second-order valence-corrected chi connectivity index (χ2v) is 7.39. The highest BCUT2D eigenvalue weighted by Gasteiger charge is 2.24. The molecule has 3 rings (SSSR count). The molecule has 1 amide bonds. The second-order valence-electron chi connectivity index (χ2n) is 7.39. The van der Waals surface area contributed by atoms with Gasteiger partial charge in [-0.15, -0.1) is 0 Å². The Morgan fingerprint density at radius 1 is 1.10 bits per heavy atom. The number of likely N-dealkylation sites (tertiary alicyclic amines) is 1. The zero-order valence-corrected chi connectivity index (χ0v) is 17.1. The molecule has 4 N–H and O–H groups in total. The van der Waals surface area contributed by atoms with E-state index >= 15 is 0 Å². The highest BCUT2D eigenvalue weighted by molar-refractivity contribution is 5.92. The predicted octanol–water partition coefficient (Wildman–Crippen LogP) is 2.51. The van der Waals surface area contributed by atoms with Crippen LogP contribution in [0.2, 0.25) is 0 Å². The van der Waals surface area contributed by atoms with Crippen molar-refractivity contribution in [2.75, 3.05) is 19.6 Å². The number of guanidine groups is 1. The van der Waals surface area contributed by atoms with Gasteiger partial charge in [0.05, 0.1) is 6.54 Å². The number of amides is 1. The van der Waals surface area contributed by atoms with Crippen molar-refractivity contribution in [3.05, 3.63) is 71.3 Å². The molecule has 0 bridgehead atoms. The Balaban J connectivity index is 1.55. The van der Waals surface area contributed by atoms with Gasteiger partial charge >= 0.3 is 0 Å². The number of nitrogens with zero attached hydrogens (tertiary/aromatic N) is 2. The van der Waals surface area contributed by atoms with E-state index in [1.807, 2.05) is 12.1 Å². The van der Waals surface area contributed by atoms with Crippen LogP contribution in [-0.4, -0.2) is 42.4 Å². The molecule has 2 aromatic carbocycles. The van der Waals surface area contributed by atoms with Crippen LogP contribution in [0.3, 0.4) is 0 Å². The lowest BCUT2D eigenvalue weighted by Gasteiger charge is -2.25. The third kappa shape index (κ3) is 6.32. The Morgan fingerprint density at radius 2 is 1.86 bits per heavy atom. The number of hydrogen-bond acceptors (Lipinski definition) is 3. The first-order valence-electron chi connectivity index (χ1n) is 10.3. The van der Waals surface area contributed by atoms with Crippen LogP contribution in [0, 0.1) is 0 Å². The number of nitrogens with one attached hydrogen (secondary N) is 2. The van der Waals surface area contributed by atoms with Crippen LogP contribution in [0.4, 0.5) is 0 Å². The molecule has 29 heavy (non-hydrogen) atoms. The molecule has 1 heterocycles. The molecule has 0 spiro atoms. The van der Waals surface area contributed by atoms with E-state index in [-0.39, 0.29) is 0 Å². The molecule has 0 aliphatic carbocycles. The zero-order chi connectivity index (χ0) is 20.5. The second kappa shape index (κ2) is 10.6. The number of carbonyl (C=O) groups excluding carboxylic acids is 1. The van der Waals surface area contributed by atoms with Crippen molar-refractivity contribution in [1.29, 1.82) is 0 Å². The summed E-state index contributed by atoms with van der Waals surface area (Å²) in [6.07, 6.45) is 2.44. The molecule has 1 saturated heterocycles. The molecule has 1 aliphatic rings. The van der Waals surface area contributed by atoms with Gasteiger partial charge in [0, 0.05) is 31.2 Å². The van der Waals surface area contributed by atoms with Gasteiger partial charge in [-0.2, -0.15) is 0 Å². The summed E-state index contributed by atoms with van der Waals surface area (Å²) in [6.45, 7) is 6.43. The molecule has 0 aromatic heterocycles. The maximum atomic E-state index is 11.2. The minimum Gasteiger partial charge on any atom is -0.366 e. The van der Waals surface area contributed by atoms with Gasteiger partial charge in [-0.05, 0) is 49.6 Å². The van der Waals surface area contributed by atoms with Crippen molar-refractivity contribution in [3.63, 3.8) is 0 Å². The first-order valence-corrected chi connectivity index (χ1v) is 10.3. The topological polar surface area (TPSA) is 82.7 Å². The number of rotatable bonds is 8. The predicted molar refractivity (Wildman–Crippen MR) is 118 cm³/mol. The van der Waals surface area contributed by atoms with E-state index in [0.29, 0.717) is 18.2 Å². The van der Waals surface area contributed by atoms with E-state index in [1.165, 1.54) is 18.4 Å². The minimum absolute atomic E-state index is 0.410. The lowest BCUT2D eigenvalue weighted by molar-refractivity contribution is 0.100. The van der Waals surface area contributed by atoms with Gasteiger partial charge in [0.2, 0.25) is 5.91 Å². The summed E-state index contributed by atoms with van der Waals surface area (Å²) in [5.74, 6) is 0.407. The van der Waals surface area contributed by atoms with Gasteiger partial charge in [0.25, 0.3) is 0 Å². The Hall–Kier alpha value is -2.86. The Kier molecular flexibility index (Phi) is 7.64. The Morgan fingerprint density at radius 3 is 2.55 bits per heavy atom. The van der Waals surface area contributed by atoms with E-state index in [0.717, 1.165) is 37.7 Å². The Bertz CT molecular complexity index is 804. The highest BCUT2D eigenvalue weighted by Crippen LogP contribution is 2.19. The van der Waals surface area contributed by atoms with E-state index in [1.54, 1.807) is 12.1 Å². The monoisotopic (exact) mass is 393 g/mol. The lowest BCUT2D eigenvalue weighted by Crippen LogP contribution is -2.44. The number of primary amides is 1. The van der Waals surface area contributed by atoms with E-state index in [2.05, 4.69) is 57.8 Å². The van der Waals surface area contributed by atoms with E-state index < -0.39 is 5.91 Å². The van der Waals surface area contributed by atoms with Crippen LogP contribution in [-0.2, 0) is 13.1 Å². The molecule has 154 valence electrons. The van der Waals surface area contributed by atoms with Crippen molar-refractivity contribution in [3.8, 4) is 0 Å². The quantitative estimate of drug-likeness (QED) is 0.475. The summed E-state index contributed by atoms with van der Waals surface area (Å²) < 4.78 is 0. The average Bonchev–Trinajstić information content (AvgIpc) is 3.18. The summed E-state index contributed by atoms with van der Waals surface area (Å²) in [5, 5.41) is 6.82. The van der Waals surface area contributed by atoms with Gasteiger partial charge in [-0.1, -0.05) is 42.5 Å². The zero-order valence-electron chi connectivity index (χ0n) is 17.1. The minimum atomic E-state index is -0.410. The third-order valence-corrected chi connectivity index (χ3v) is 5.24. The first kappa shape index (κ1) is 20.9. The van der Waals surface area contributed by atoms with Crippen LogP contribution < -0.4 is 16.4 Å². The maximum absolute atomic E-state index is 11.2. The summed E-state index contributed by atoms with van der Waals surface area (Å²) in [6, 6.07) is 18.4. The number of carbonyl (C=O) groups is 1. The SMILES string of the molecule is CCNC(=NCc1ccc(C(N)=O)cc1)NCC1CCCN1Cc1ccccc1. The van der Waals surface area contributed by atoms with E-state index in [4.69, 9.17) is 5.73 Å². The molecule has 1 aliphatic heterocycles. The van der Waals surface area contributed by atoms with Crippen LogP contribution in [0.25, 0.3) is 0 Å². The van der Waals surface area contributed by atoms with Crippen molar-refractivity contribution in [2.45, 2.75) is 38.9 Å². The van der Waals surface area contributed by atoms with Crippen molar-refractivity contribution >= 4 is 11.9 Å². The van der Waals surface area contributed by atoms with Gasteiger partial charge in [-0.25, -0.2) is 4.99 Å². The maximum Gasteiger partial charge on any atom is 0.248 e. The number of aliphatic imine (C=N–C) groups is 1. The van der Waals surface area contributed by atoms with Crippen molar-refractivity contribution in [2.24, 2.45) is 10.7 Å². The van der Waals surface area contributed by atoms with Crippen LogP contribution in [0.5, 0.6) is 0 Å². The largest absolute Gasteiger partial charge is 0.366 e. The molecule has 0 saturated carbocycles. The highest BCUT2D eigenvalue weighted by atomic mass is 16.1. The molecular weight excluding hydrogens is 362 g/mol. The summed E-state index contributed by atoms with van der Waals surface area (Å²) in [4.78, 5) is 18.4. The fourth-order valence-electron chi connectivity index (χ4n) is 3.65. The molecular formula is C23H31N5O. The molecule has 1 atom stereocenters. The van der Waals surface area contributed by atoms with Gasteiger partial charge in [0.15, 0.2) is 5.96 Å². The molecule has 1 unspecified atom stereocenters. The molecule has 6 heteroatoms. The number of nitrogens with two attached hydrogens (primary N) is 1. The van der Waals surface area contributed by atoms with Gasteiger partial charge in [-0.3, -0.25) is 9.69 Å². The normalized spacial score (nSPS) is 17.3. The van der Waals surface area contributed by atoms with E-state index in [9.17, 15) is 4.79 Å². The molecule has 0 radical (unpaired) electrons. The summed E-state index contributed by atoms with van der Waals surface area (Å²) in [5.41, 5.74) is 8.21. The summed E-state index contributed by atoms with van der Waals surface area (Å²) >= 11 is 0. The van der Waals surface area contributed by atoms with Gasteiger partial charge < -0.3 is 16.4 Å². The van der Waals surface area contributed by atoms with Gasteiger partial charge in [0.1, 0.15) is 0 Å². The van der Waals surface area contributed by atoms with Crippen LogP contribution in [0.15, 0.2) is 59.6 Å². The van der Waals surface area contributed by atoms with Crippen molar-refractivity contribution < 1.29 is 4.79 Å². The standard InChI is InChI=1S/C23H31N5O/c1-2-25-23(26-15-18-10-12-20(13-11-18)22(24)29)27-16-21-9-6-14-28(21)17-19-7-4-3-5-8-19/h3-5,7-8,10-13,21H,2,6,9,14-17H2,1H3,(H2,24,29)(H2,25,26,27). The fraction of sp³-hybridized carbons (Fsp3) is 0.391. The lowest BCUT2D eigenvalue weighted by atomic mass is 10.1. The first-order chi connectivity index (χ1) is 14.2. The molecule has 6 nitrogen and oxygen atoms in total. The van der Waals surface area contributed by atoms with Crippen LogP contribution in [0.1, 0.15) is 41.3 Å². The molecule has 2 aromatic rings. The number of benzene rings is 2.